The molecule has 0 saturated carbocycles. The summed E-state index contributed by atoms with van der Waals surface area (Å²) in [6.07, 6.45) is 1.23. The highest BCUT2D eigenvalue weighted by molar-refractivity contribution is 14.0. The lowest BCUT2D eigenvalue weighted by Gasteiger charge is -2.42. The highest BCUT2D eigenvalue weighted by Gasteiger charge is 2.32. The molecule has 0 aliphatic carbocycles. The average molecular weight is 396 g/mol. The second-order valence-electron chi connectivity index (χ2n) is 6.54. The van der Waals surface area contributed by atoms with E-state index in [0.717, 1.165) is 19.0 Å². The van der Waals surface area contributed by atoms with Crippen LogP contribution in [0.15, 0.2) is 4.99 Å². The summed E-state index contributed by atoms with van der Waals surface area (Å²) in [5.41, 5.74) is 0.293. The molecule has 0 radical (unpaired) electrons. The molecule has 0 aromatic carbocycles. The smallest absolute Gasteiger partial charge is 0.241 e. The van der Waals surface area contributed by atoms with Crippen molar-refractivity contribution in [1.82, 2.24) is 15.1 Å². The normalized spacial score (nSPS) is 22.0. The van der Waals surface area contributed by atoms with Gasteiger partial charge in [0.05, 0.1) is 6.54 Å². The second-order valence-corrected chi connectivity index (χ2v) is 6.54. The highest BCUT2D eigenvalue weighted by atomic mass is 127. The molecule has 1 aliphatic heterocycles. The van der Waals surface area contributed by atoms with Crippen molar-refractivity contribution in [1.29, 1.82) is 0 Å². The number of aliphatic imine (C=N–C) groups is 1. The minimum absolute atomic E-state index is 0. The van der Waals surface area contributed by atoms with Crippen LogP contribution in [0.2, 0.25) is 0 Å². The van der Waals surface area contributed by atoms with E-state index in [0.29, 0.717) is 17.9 Å². The fourth-order valence-corrected chi connectivity index (χ4v) is 2.84. The van der Waals surface area contributed by atoms with Gasteiger partial charge in [-0.05, 0) is 17.8 Å². The third-order valence-corrected chi connectivity index (χ3v) is 3.46. The van der Waals surface area contributed by atoms with Crippen molar-refractivity contribution in [3.63, 3.8) is 0 Å². The third kappa shape index (κ3) is 5.85. The fraction of sp³-hybridized carbons (Fsp3) is 0.857. The summed E-state index contributed by atoms with van der Waals surface area (Å²) < 4.78 is 0. The minimum Gasteiger partial charge on any atom is -0.347 e. The van der Waals surface area contributed by atoms with Crippen molar-refractivity contribution < 1.29 is 4.79 Å². The third-order valence-electron chi connectivity index (χ3n) is 3.46. The largest absolute Gasteiger partial charge is 0.347 e. The van der Waals surface area contributed by atoms with Crippen LogP contribution < -0.4 is 5.32 Å². The van der Waals surface area contributed by atoms with E-state index in [4.69, 9.17) is 0 Å². The Hall–Kier alpha value is -0.530. The Morgan fingerprint density at radius 1 is 1.45 bits per heavy atom. The number of guanidine groups is 1. The lowest BCUT2D eigenvalue weighted by atomic mass is 9.79. The van der Waals surface area contributed by atoms with E-state index in [1.54, 1.807) is 26.0 Å². The summed E-state index contributed by atoms with van der Waals surface area (Å²) in [6.45, 7) is 9.12. The predicted molar refractivity (Wildman–Crippen MR) is 94.6 cm³/mol. The number of carbonyl (C=O) groups excluding carboxylic acids is 1. The average Bonchev–Trinajstić information content (AvgIpc) is 2.26. The van der Waals surface area contributed by atoms with Gasteiger partial charge in [0.15, 0.2) is 5.96 Å². The Balaban J connectivity index is 0.00000361. The number of piperidine rings is 1. The minimum atomic E-state index is 0. The van der Waals surface area contributed by atoms with Crippen molar-refractivity contribution >= 4 is 35.8 Å². The van der Waals surface area contributed by atoms with Crippen LogP contribution in [-0.4, -0.2) is 62.4 Å². The van der Waals surface area contributed by atoms with E-state index in [1.165, 1.54) is 6.42 Å². The summed E-state index contributed by atoms with van der Waals surface area (Å²) in [7, 11) is 5.30. The molecule has 1 rings (SSSR count). The molecule has 5 nitrogen and oxygen atoms in total. The molecule has 1 unspecified atom stereocenters. The Morgan fingerprint density at radius 3 is 2.50 bits per heavy atom. The standard InChI is InChI=1S/C14H28N4O.HI/c1-11-7-14(2,3)10-18(9-11)13(15-4)16-8-12(19)17(5)6;/h11H,7-10H2,1-6H3,(H,15,16);1H. The molecule has 1 saturated heterocycles. The lowest BCUT2D eigenvalue weighted by Crippen LogP contribution is -2.52. The molecule has 1 heterocycles. The molecule has 0 aromatic rings. The number of carbonyl (C=O) groups is 1. The van der Waals surface area contributed by atoms with Crippen molar-refractivity contribution in [2.24, 2.45) is 16.3 Å². The molecule has 0 aromatic heterocycles. The Labute approximate surface area is 140 Å². The van der Waals surface area contributed by atoms with E-state index < -0.39 is 0 Å². The van der Waals surface area contributed by atoms with Crippen molar-refractivity contribution in [2.45, 2.75) is 27.2 Å². The summed E-state index contributed by atoms with van der Waals surface area (Å²) in [5.74, 6) is 1.53. The molecule has 0 spiro atoms. The number of amides is 1. The van der Waals surface area contributed by atoms with Crippen LogP contribution in [0.1, 0.15) is 27.2 Å². The maximum atomic E-state index is 11.6. The quantitative estimate of drug-likeness (QED) is 0.439. The van der Waals surface area contributed by atoms with Gasteiger partial charge in [0.1, 0.15) is 0 Å². The zero-order chi connectivity index (χ0) is 14.6. The number of likely N-dealkylation sites (tertiary alicyclic amines) is 1. The van der Waals surface area contributed by atoms with Crippen LogP contribution in [0.5, 0.6) is 0 Å². The highest BCUT2D eigenvalue weighted by Crippen LogP contribution is 2.31. The van der Waals surface area contributed by atoms with E-state index in [1.807, 2.05) is 0 Å². The number of rotatable bonds is 2. The molecular weight excluding hydrogens is 367 g/mol. The van der Waals surface area contributed by atoms with E-state index in [9.17, 15) is 4.79 Å². The topological polar surface area (TPSA) is 47.9 Å². The molecule has 6 heteroatoms. The molecule has 1 amide bonds. The molecule has 20 heavy (non-hydrogen) atoms. The molecule has 1 fully saturated rings. The van der Waals surface area contributed by atoms with Gasteiger partial charge < -0.3 is 15.1 Å². The monoisotopic (exact) mass is 396 g/mol. The zero-order valence-corrected chi connectivity index (χ0v) is 15.9. The summed E-state index contributed by atoms with van der Waals surface area (Å²) in [6, 6.07) is 0. The van der Waals surface area contributed by atoms with Crippen molar-refractivity contribution in [3.05, 3.63) is 0 Å². The summed E-state index contributed by atoms with van der Waals surface area (Å²) in [4.78, 5) is 19.8. The maximum Gasteiger partial charge on any atom is 0.241 e. The van der Waals surface area contributed by atoms with Gasteiger partial charge >= 0.3 is 0 Å². The van der Waals surface area contributed by atoms with Gasteiger partial charge in [0.2, 0.25) is 5.91 Å². The summed E-state index contributed by atoms with van der Waals surface area (Å²) in [5, 5.41) is 3.16. The van der Waals surface area contributed by atoms with Gasteiger partial charge in [-0.1, -0.05) is 20.8 Å². The molecule has 0 bridgehead atoms. The van der Waals surface area contributed by atoms with Gasteiger partial charge in [-0.25, -0.2) is 0 Å². The molecular formula is C14H29IN4O. The second kappa shape index (κ2) is 8.05. The number of halogens is 1. The van der Waals surface area contributed by atoms with E-state index in [2.05, 4.69) is 36.0 Å². The van der Waals surface area contributed by atoms with Gasteiger partial charge in [-0.15, -0.1) is 24.0 Å². The number of nitrogens with one attached hydrogen (secondary N) is 1. The van der Waals surface area contributed by atoms with Crippen molar-refractivity contribution in [3.8, 4) is 0 Å². The maximum absolute atomic E-state index is 11.6. The van der Waals surface area contributed by atoms with Crippen LogP contribution in [0.3, 0.4) is 0 Å². The first-order chi connectivity index (χ1) is 8.75. The van der Waals surface area contributed by atoms with Crippen molar-refractivity contribution in [2.75, 3.05) is 40.8 Å². The first kappa shape index (κ1) is 19.5. The van der Waals surface area contributed by atoms with E-state index in [-0.39, 0.29) is 29.9 Å². The Morgan fingerprint density at radius 2 is 2.05 bits per heavy atom. The number of likely N-dealkylation sites (N-methyl/N-ethyl adjacent to an activating group) is 1. The molecule has 1 N–H and O–H groups in total. The Bertz CT molecular complexity index is 355. The van der Waals surface area contributed by atoms with Crippen LogP contribution in [0.4, 0.5) is 0 Å². The van der Waals surface area contributed by atoms with E-state index >= 15 is 0 Å². The predicted octanol–water partition coefficient (Wildman–Crippen LogP) is 1.64. The SMILES string of the molecule is CN=C(NCC(=O)N(C)C)N1CC(C)CC(C)(C)C1.I. The van der Waals surface area contributed by atoms with Crippen LogP contribution in [0, 0.1) is 11.3 Å². The first-order valence-corrected chi connectivity index (χ1v) is 6.91. The number of hydrogen-bond acceptors (Lipinski definition) is 2. The molecule has 1 atom stereocenters. The van der Waals surface area contributed by atoms with Gasteiger partial charge in [-0.2, -0.15) is 0 Å². The van der Waals surface area contributed by atoms with Gasteiger partial charge in [-0.3, -0.25) is 9.79 Å². The first-order valence-electron chi connectivity index (χ1n) is 6.91. The molecule has 118 valence electrons. The lowest BCUT2D eigenvalue weighted by molar-refractivity contribution is -0.127. The number of hydrogen-bond donors (Lipinski definition) is 1. The number of nitrogens with zero attached hydrogens (tertiary/aromatic N) is 3. The van der Waals surface area contributed by atoms with Gasteiger partial charge in [0.25, 0.3) is 0 Å². The fourth-order valence-electron chi connectivity index (χ4n) is 2.84. The summed E-state index contributed by atoms with van der Waals surface area (Å²) >= 11 is 0. The molecule has 1 aliphatic rings. The van der Waals surface area contributed by atoms with Crippen LogP contribution in [0.25, 0.3) is 0 Å². The Kier molecular flexibility index (Phi) is 7.83. The van der Waals surface area contributed by atoms with Gasteiger partial charge in [0, 0.05) is 34.2 Å². The zero-order valence-electron chi connectivity index (χ0n) is 13.6. The van der Waals surface area contributed by atoms with Crippen LogP contribution >= 0.6 is 24.0 Å². The van der Waals surface area contributed by atoms with Crippen LogP contribution in [-0.2, 0) is 4.79 Å².